The second kappa shape index (κ2) is 8.06. The van der Waals surface area contributed by atoms with Crippen molar-refractivity contribution >= 4 is 0 Å². The summed E-state index contributed by atoms with van der Waals surface area (Å²) in [5.41, 5.74) is 0. The molecule has 1 fully saturated rings. The van der Waals surface area contributed by atoms with Crippen LogP contribution in [-0.4, -0.2) is 37.0 Å². The molecule has 0 radical (unpaired) electrons. The van der Waals surface area contributed by atoms with Crippen molar-refractivity contribution in [3.05, 3.63) is 0 Å². The van der Waals surface area contributed by atoms with Gasteiger partial charge in [0.1, 0.15) is 0 Å². The van der Waals surface area contributed by atoms with Crippen LogP contribution in [0.2, 0.25) is 0 Å². The van der Waals surface area contributed by atoms with Gasteiger partial charge in [0.2, 0.25) is 0 Å². The van der Waals surface area contributed by atoms with Crippen LogP contribution in [0, 0.1) is 11.8 Å². The van der Waals surface area contributed by atoms with Crippen LogP contribution in [0.25, 0.3) is 0 Å². The van der Waals surface area contributed by atoms with Gasteiger partial charge in [-0.3, -0.25) is 0 Å². The van der Waals surface area contributed by atoms with Gasteiger partial charge < -0.3 is 15.2 Å². The van der Waals surface area contributed by atoms with Crippen LogP contribution in [-0.2, 0) is 4.74 Å². The van der Waals surface area contributed by atoms with Crippen LogP contribution in [0.1, 0.15) is 46.5 Å². The van der Waals surface area contributed by atoms with E-state index >= 15 is 0 Å². The van der Waals surface area contributed by atoms with Crippen LogP contribution in [0.15, 0.2) is 0 Å². The molecule has 3 nitrogen and oxygen atoms in total. The first-order chi connectivity index (χ1) is 8.08. The first-order valence-electron chi connectivity index (χ1n) is 7.08. The van der Waals surface area contributed by atoms with Gasteiger partial charge in [-0.1, -0.05) is 33.6 Å². The Balaban J connectivity index is 2.04. The van der Waals surface area contributed by atoms with E-state index in [1.54, 1.807) is 0 Å². The summed E-state index contributed by atoms with van der Waals surface area (Å²) < 4.78 is 5.78. The fraction of sp³-hybridized carbons (Fsp3) is 1.00. The smallest absolute Gasteiger partial charge is 0.0897 e. The Morgan fingerprint density at radius 3 is 2.71 bits per heavy atom. The van der Waals surface area contributed by atoms with Gasteiger partial charge in [0.15, 0.2) is 0 Å². The topological polar surface area (TPSA) is 41.5 Å². The summed E-state index contributed by atoms with van der Waals surface area (Å²) in [6.45, 7) is 8.69. The van der Waals surface area contributed by atoms with Gasteiger partial charge >= 0.3 is 0 Å². The van der Waals surface area contributed by atoms with Crippen molar-refractivity contribution in [2.24, 2.45) is 11.8 Å². The van der Waals surface area contributed by atoms with Crippen molar-refractivity contribution in [1.82, 2.24) is 5.32 Å². The Hall–Kier alpha value is -0.120. The zero-order chi connectivity index (χ0) is 12.7. The monoisotopic (exact) mass is 243 g/mol. The number of ether oxygens (including phenoxy) is 1. The minimum absolute atomic E-state index is 0.369. The first-order valence-corrected chi connectivity index (χ1v) is 7.08. The molecule has 2 N–H and O–H groups in total. The average molecular weight is 243 g/mol. The predicted molar refractivity (Wildman–Crippen MR) is 71.1 cm³/mol. The minimum atomic E-state index is -0.369. The van der Waals surface area contributed by atoms with E-state index < -0.39 is 0 Å². The number of hydrogen-bond donors (Lipinski definition) is 2. The molecule has 102 valence electrons. The molecule has 0 unspecified atom stereocenters. The number of aliphatic hydroxyl groups is 1. The molecule has 3 heteroatoms. The molecule has 1 aliphatic carbocycles. The molecule has 0 saturated heterocycles. The molecule has 1 aliphatic rings. The van der Waals surface area contributed by atoms with Crippen molar-refractivity contribution in [2.45, 2.75) is 58.7 Å². The Bertz CT molecular complexity index is 197. The van der Waals surface area contributed by atoms with Gasteiger partial charge in [0.05, 0.1) is 18.8 Å². The van der Waals surface area contributed by atoms with E-state index in [1.807, 2.05) is 0 Å². The van der Waals surface area contributed by atoms with Crippen molar-refractivity contribution in [2.75, 3.05) is 19.7 Å². The number of nitrogens with one attached hydrogen (secondary N) is 1. The maximum atomic E-state index is 9.77. The molecule has 0 aromatic rings. The maximum absolute atomic E-state index is 9.77. The molecule has 0 bridgehead atoms. The van der Waals surface area contributed by atoms with Crippen molar-refractivity contribution in [3.63, 3.8) is 0 Å². The molecule has 0 aromatic carbocycles. The normalized spacial score (nSPS) is 27.4. The predicted octanol–water partition coefficient (Wildman–Crippen LogP) is 2.19. The Morgan fingerprint density at radius 1 is 1.29 bits per heavy atom. The Labute approximate surface area is 106 Å². The Kier molecular flexibility index (Phi) is 7.09. The summed E-state index contributed by atoms with van der Waals surface area (Å²) in [5, 5.41) is 13.0. The molecule has 0 aromatic heterocycles. The van der Waals surface area contributed by atoms with E-state index in [9.17, 15) is 5.11 Å². The van der Waals surface area contributed by atoms with Gasteiger partial charge in [-0.05, 0) is 31.2 Å². The van der Waals surface area contributed by atoms with E-state index in [0.29, 0.717) is 25.2 Å². The summed E-state index contributed by atoms with van der Waals surface area (Å²) >= 11 is 0. The van der Waals surface area contributed by atoms with E-state index in [1.165, 1.54) is 12.8 Å². The van der Waals surface area contributed by atoms with Crippen molar-refractivity contribution in [3.8, 4) is 0 Å². The van der Waals surface area contributed by atoms with Gasteiger partial charge in [-0.2, -0.15) is 0 Å². The molecule has 1 rings (SSSR count). The molecule has 0 spiro atoms. The zero-order valence-corrected chi connectivity index (χ0v) is 11.6. The maximum Gasteiger partial charge on any atom is 0.0897 e. The third-order valence-corrected chi connectivity index (χ3v) is 3.35. The Morgan fingerprint density at radius 2 is 2.06 bits per heavy atom. The van der Waals surface area contributed by atoms with Crippen LogP contribution in [0.4, 0.5) is 0 Å². The van der Waals surface area contributed by atoms with Gasteiger partial charge in [0, 0.05) is 6.54 Å². The SMILES string of the molecule is CC(C)CNC[C@H](O)CO[C@H]1CCC[C@@H](C)C1. The molecule has 1 saturated carbocycles. The molecule has 0 heterocycles. The van der Waals surface area contributed by atoms with Crippen LogP contribution in [0.5, 0.6) is 0 Å². The second-order valence-electron chi connectivity index (χ2n) is 5.93. The fourth-order valence-electron chi connectivity index (χ4n) is 2.37. The number of aliphatic hydroxyl groups excluding tert-OH is 1. The van der Waals surface area contributed by atoms with E-state index in [-0.39, 0.29) is 6.10 Å². The highest BCUT2D eigenvalue weighted by atomic mass is 16.5. The summed E-state index contributed by atoms with van der Waals surface area (Å²) in [6, 6.07) is 0. The van der Waals surface area contributed by atoms with Gasteiger partial charge in [0.25, 0.3) is 0 Å². The lowest BCUT2D eigenvalue weighted by molar-refractivity contribution is -0.0306. The largest absolute Gasteiger partial charge is 0.389 e. The van der Waals surface area contributed by atoms with Gasteiger partial charge in [-0.15, -0.1) is 0 Å². The quantitative estimate of drug-likeness (QED) is 0.720. The molecule has 3 atom stereocenters. The third-order valence-electron chi connectivity index (χ3n) is 3.35. The molecule has 0 aliphatic heterocycles. The highest BCUT2D eigenvalue weighted by Gasteiger charge is 2.20. The van der Waals surface area contributed by atoms with Gasteiger partial charge in [-0.25, -0.2) is 0 Å². The van der Waals surface area contributed by atoms with E-state index in [4.69, 9.17) is 4.74 Å². The average Bonchev–Trinajstić information content (AvgIpc) is 2.26. The van der Waals surface area contributed by atoms with Crippen LogP contribution < -0.4 is 5.32 Å². The molecule has 17 heavy (non-hydrogen) atoms. The molecule has 0 amide bonds. The lowest BCUT2D eigenvalue weighted by atomic mass is 9.89. The highest BCUT2D eigenvalue weighted by molar-refractivity contribution is 4.71. The second-order valence-corrected chi connectivity index (χ2v) is 5.93. The lowest BCUT2D eigenvalue weighted by Gasteiger charge is -2.27. The number of hydrogen-bond acceptors (Lipinski definition) is 3. The highest BCUT2D eigenvalue weighted by Crippen LogP contribution is 2.25. The first kappa shape index (κ1) is 14.9. The van der Waals surface area contributed by atoms with E-state index in [2.05, 4.69) is 26.1 Å². The summed E-state index contributed by atoms with van der Waals surface area (Å²) in [6.07, 6.45) is 4.93. The molecular formula is C14H29NO2. The number of rotatable bonds is 7. The van der Waals surface area contributed by atoms with E-state index in [0.717, 1.165) is 25.3 Å². The van der Waals surface area contributed by atoms with Crippen molar-refractivity contribution < 1.29 is 9.84 Å². The molecular weight excluding hydrogens is 214 g/mol. The van der Waals surface area contributed by atoms with Crippen LogP contribution in [0.3, 0.4) is 0 Å². The summed E-state index contributed by atoms with van der Waals surface area (Å²) in [7, 11) is 0. The summed E-state index contributed by atoms with van der Waals surface area (Å²) in [5.74, 6) is 1.41. The summed E-state index contributed by atoms with van der Waals surface area (Å²) in [4.78, 5) is 0. The third kappa shape index (κ3) is 7.02. The standard InChI is InChI=1S/C14H29NO2/c1-11(2)8-15-9-13(16)10-17-14-6-4-5-12(3)7-14/h11-16H,4-10H2,1-3H3/t12-,13+,14+/m1/s1. The lowest BCUT2D eigenvalue weighted by Crippen LogP contribution is -2.34. The van der Waals surface area contributed by atoms with Crippen molar-refractivity contribution in [1.29, 1.82) is 0 Å². The minimum Gasteiger partial charge on any atom is -0.389 e. The fourth-order valence-corrected chi connectivity index (χ4v) is 2.37. The van der Waals surface area contributed by atoms with Crippen LogP contribution >= 0.6 is 0 Å². The zero-order valence-electron chi connectivity index (χ0n) is 11.6.